The molecule has 81 heavy (non-hydrogen) atoms. The van der Waals surface area contributed by atoms with Crippen LogP contribution in [-0.4, -0.2) is 0 Å². The van der Waals surface area contributed by atoms with Gasteiger partial charge in [-0.3, -0.25) is 0 Å². The Balaban J connectivity index is 0.744. The second-order valence-corrected chi connectivity index (χ2v) is 22.6. The summed E-state index contributed by atoms with van der Waals surface area (Å²) in [5.41, 5.74) is 27.4. The van der Waals surface area contributed by atoms with Gasteiger partial charge in [0, 0.05) is 50.6 Å². The van der Waals surface area contributed by atoms with Crippen molar-refractivity contribution in [3.63, 3.8) is 0 Å². The fourth-order valence-electron chi connectivity index (χ4n) is 12.7. The minimum Gasteiger partial charge on any atom is -0.310 e. The number of rotatable bonds is 11. The molecule has 0 unspecified atom stereocenters. The second-order valence-electron chi connectivity index (χ2n) is 22.6. The van der Waals surface area contributed by atoms with E-state index in [1.54, 1.807) is 0 Å². The lowest BCUT2D eigenvalue weighted by atomic mass is 9.81. The number of fused-ring (bicyclic) bond motifs is 8. The van der Waals surface area contributed by atoms with Crippen molar-refractivity contribution < 1.29 is 0 Å². The van der Waals surface area contributed by atoms with Crippen molar-refractivity contribution in [1.29, 1.82) is 0 Å². The molecule has 0 N–H and O–H groups in total. The molecule has 2 aliphatic carbocycles. The van der Waals surface area contributed by atoms with Crippen molar-refractivity contribution >= 4 is 87.6 Å². The van der Waals surface area contributed by atoms with E-state index in [1.165, 1.54) is 66.8 Å². The monoisotopic (exact) mass is 1040 g/mol. The highest BCUT2D eigenvalue weighted by atomic mass is 15.2. The molecule has 0 fully saturated rings. The maximum Gasteiger partial charge on any atom is 0.0540 e. The van der Waals surface area contributed by atoms with Gasteiger partial charge in [-0.2, -0.15) is 0 Å². The number of hydrogen-bond donors (Lipinski definition) is 0. The lowest BCUT2D eigenvalue weighted by molar-refractivity contribution is 0.660. The molecule has 0 atom stereocenters. The predicted molar refractivity (Wildman–Crippen MR) is 345 cm³/mol. The van der Waals surface area contributed by atoms with E-state index in [0.717, 1.165) is 62.3 Å². The van der Waals surface area contributed by atoms with Gasteiger partial charge in [0.2, 0.25) is 0 Å². The Labute approximate surface area is 477 Å². The molecule has 3 nitrogen and oxygen atoms in total. The maximum atomic E-state index is 2.43. The lowest BCUT2D eigenvalue weighted by Gasteiger charge is -2.28. The van der Waals surface area contributed by atoms with Crippen LogP contribution in [0.3, 0.4) is 0 Å². The summed E-state index contributed by atoms with van der Waals surface area (Å²) in [7, 11) is 0. The van der Waals surface area contributed by atoms with Crippen molar-refractivity contribution in [3.8, 4) is 22.3 Å². The average Bonchev–Trinajstić information content (AvgIpc) is 3.76. The number of anilines is 9. The number of nitrogens with zero attached hydrogens (tertiary/aromatic N) is 3. The Morgan fingerprint density at radius 2 is 0.580 bits per heavy atom. The van der Waals surface area contributed by atoms with Crippen molar-refractivity contribution in [1.82, 2.24) is 0 Å². The van der Waals surface area contributed by atoms with Crippen LogP contribution in [0.5, 0.6) is 0 Å². The Morgan fingerprint density at radius 1 is 0.284 bits per heavy atom. The summed E-state index contributed by atoms with van der Waals surface area (Å²) < 4.78 is 0. The third kappa shape index (κ3) is 8.88. The smallest absolute Gasteiger partial charge is 0.0540 e. The molecule has 1 heterocycles. The van der Waals surface area contributed by atoms with Crippen molar-refractivity contribution in [2.75, 3.05) is 14.7 Å². The zero-order valence-corrected chi connectivity index (χ0v) is 46.1. The third-order valence-corrected chi connectivity index (χ3v) is 16.9. The molecule has 0 aromatic heterocycles. The van der Waals surface area contributed by atoms with Gasteiger partial charge in [0.1, 0.15) is 0 Å². The quantitative estimate of drug-likeness (QED) is 0.120. The van der Waals surface area contributed by atoms with Crippen LogP contribution in [0.15, 0.2) is 261 Å². The van der Waals surface area contributed by atoms with Gasteiger partial charge in [0.15, 0.2) is 0 Å². The third-order valence-electron chi connectivity index (χ3n) is 16.9. The molecule has 0 radical (unpaired) electrons. The van der Waals surface area contributed by atoms with Gasteiger partial charge in [-0.05, 0) is 175 Å². The van der Waals surface area contributed by atoms with E-state index in [-0.39, 0.29) is 10.8 Å². The van der Waals surface area contributed by atoms with E-state index < -0.39 is 0 Å². The topological polar surface area (TPSA) is 9.72 Å². The molecule has 0 amide bonds. The van der Waals surface area contributed by atoms with E-state index in [1.807, 2.05) is 0 Å². The molecule has 1 aliphatic heterocycles. The molecular formula is C78H61N3. The van der Waals surface area contributed by atoms with Gasteiger partial charge in [0.25, 0.3) is 0 Å². The summed E-state index contributed by atoms with van der Waals surface area (Å²) in [6.07, 6.45) is 13.6. The van der Waals surface area contributed by atoms with Gasteiger partial charge >= 0.3 is 0 Å². The van der Waals surface area contributed by atoms with Crippen molar-refractivity contribution in [3.05, 3.63) is 316 Å². The molecule has 388 valence electrons. The summed E-state index contributed by atoms with van der Waals surface area (Å²) >= 11 is 0. The van der Waals surface area contributed by atoms with Crippen molar-refractivity contribution in [2.45, 2.75) is 38.5 Å². The second kappa shape index (κ2) is 20.0. The highest BCUT2D eigenvalue weighted by Crippen LogP contribution is 2.53. The summed E-state index contributed by atoms with van der Waals surface area (Å²) in [6, 6.07) is 95.1. The van der Waals surface area contributed by atoms with Gasteiger partial charge in [-0.25, -0.2) is 0 Å². The Hall–Kier alpha value is -9.96. The van der Waals surface area contributed by atoms with Crippen LogP contribution < -0.4 is 14.7 Å². The standard InChI is InChI=1S/C78H61N3/c1-77(2)71-48-54(36-44-67(71)69-46-42-65(52-73(69)77)79(60-20-10-5-11-21-60)61-22-12-6-13-23-61)30-32-56-34-38-58-40-41-59-39-35-57(51-76(59)81(75(58)50-56)64-28-18-9-19-29-64)33-31-55-37-45-68-70-47-43-66(53-74(70)78(3,4)72(68)49-55)80(62-24-14-7-15-25-62)63-26-16-8-17-27-63/h5-53H,1-4H3. The highest BCUT2D eigenvalue weighted by molar-refractivity contribution is 5.96. The first-order valence-corrected chi connectivity index (χ1v) is 28.2. The molecule has 11 aromatic rings. The Morgan fingerprint density at radius 3 is 0.938 bits per heavy atom. The van der Waals surface area contributed by atoms with Crippen LogP contribution in [-0.2, 0) is 10.8 Å². The van der Waals surface area contributed by atoms with Crippen LogP contribution in [0, 0.1) is 0 Å². The molecule has 3 aliphatic rings. The molecule has 0 saturated carbocycles. The van der Waals surface area contributed by atoms with E-state index in [4.69, 9.17) is 0 Å². The van der Waals surface area contributed by atoms with Gasteiger partial charge in [-0.1, -0.05) is 228 Å². The van der Waals surface area contributed by atoms with E-state index >= 15 is 0 Å². The molecule has 11 aromatic carbocycles. The minimum absolute atomic E-state index is 0.192. The molecule has 3 heteroatoms. The fraction of sp³-hybridized carbons (Fsp3) is 0.0769. The average molecular weight is 1040 g/mol. The maximum absolute atomic E-state index is 2.43. The zero-order chi connectivity index (χ0) is 54.7. The first kappa shape index (κ1) is 49.3. The molecule has 0 spiro atoms. The zero-order valence-electron chi connectivity index (χ0n) is 46.1. The molecular weight excluding hydrogens is 979 g/mol. The van der Waals surface area contributed by atoms with Gasteiger partial charge in [-0.15, -0.1) is 0 Å². The first-order chi connectivity index (χ1) is 39.7. The Bertz CT molecular complexity index is 3930. The number of hydrogen-bond acceptors (Lipinski definition) is 3. The normalized spacial score (nSPS) is 14.0. The fourth-order valence-corrected chi connectivity index (χ4v) is 12.7. The summed E-state index contributed by atoms with van der Waals surface area (Å²) in [5.74, 6) is 0. The molecule has 14 rings (SSSR count). The van der Waals surface area contributed by atoms with E-state index in [2.05, 4.69) is 340 Å². The summed E-state index contributed by atoms with van der Waals surface area (Å²) in [4.78, 5) is 7.14. The van der Waals surface area contributed by atoms with Crippen LogP contribution in [0.4, 0.5) is 51.2 Å². The number of benzene rings is 11. The Kier molecular flexibility index (Phi) is 12.2. The van der Waals surface area contributed by atoms with Crippen LogP contribution >= 0.6 is 0 Å². The van der Waals surface area contributed by atoms with Crippen LogP contribution in [0.25, 0.3) is 58.7 Å². The van der Waals surface area contributed by atoms with Gasteiger partial charge < -0.3 is 14.7 Å². The highest BCUT2D eigenvalue weighted by Gasteiger charge is 2.38. The lowest BCUT2D eigenvalue weighted by Crippen LogP contribution is -2.16. The SMILES string of the molecule is CC1(C)c2cc(C=Cc3ccc4c(c3)N(c3ccccc3)c3cc(C=Cc5ccc6c(c5)C(C)(C)c5cc(N(c7ccccc7)c7ccccc7)ccc5-6)ccc3C=C4)ccc2-c2ccc(N(c3ccccc3)c3ccccc3)cc21. The van der Waals surface area contributed by atoms with E-state index in [9.17, 15) is 0 Å². The minimum atomic E-state index is -0.192. The predicted octanol–water partition coefficient (Wildman–Crippen LogP) is 21.5. The van der Waals surface area contributed by atoms with Gasteiger partial charge in [0.05, 0.1) is 11.4 Å². The van der Waals surface area contributed by atoms with Crippen LogP contribution in [0.1, 0.15) is 83.3 Å². The molecule has 0 saturated heterocycles. The van der Waals surface area contributed by atoms with Crippen LogP contribution in [0.2, 0.25) is 0 Å². The number of para-hydroxylation sites is 5. The molecule has 0 bridgehead atoms. The summed E-state index contributed by atoms with van der Waals surface area (Å²) in [6.45, 7) is 9.48. The van der Waals surface area contributed by atoms with Crippen molar-refractivity contribution in [2.24, 2.45) is 0 Å². The summed E-state index contributed by atoms with van der Waals surface area (Å²) in [5, 5.41) is 0. The first-order valence-electron chi connectivity index (χ1n) is 28.2. The van der Waals surface area contributed by atoms with E-state index in [0.29, 0.717) is 0 Å². The largest absolute Gasteiger partial charge is 0.310 e.